The fourth-order valence-corrected chi connectivity index (χ4v) is 6.10. The molecule has 2 unspecified atom stereocenters. The molecule has 0 fully saturated rings. The first kappa shape index (κ1) is 51.0. The van der Waals surface area contributed by atoms with Crippen molar-refractivity contribution in [3.05, 3.63) is 48.6 Å². The largest absolute Gasteiger partial charge is 0.472 e. The molecule has 0 rings (SSSR count). The fraction of sp³-hybridized carbons (Fsp3) is 0.767. The van der Waals surface area contributed by atoms with Crippen LogP contribution in [0.2, 0.25) is 0 Å². The van der Waals surface area contributed by atoms with E-state index in [9.17, 15) is 19.0 Å². The molecule has 0 aliphatic heterocycles. The van der Waals surface area contributed by atoms with Crippen molar-refractivity contribution >= 4 is 19.8 Å². The highest BCUT2D eigenvalue weighted by molar-refractivity contribution is 7.47. The Hall–Kier alpha value is -2.03. The van der Waals surface area contributed by atoms with Crippen LogP contribution in [0.5, 0.6) is 0 Å². The van der Waals surface area contributed by atoms with E-state index in [2.05, 4.69) is 62.5 Å². The number of likely N-dealkylation sites (N-methyl/N-ethyl adjacent to an activating group) is 1. The van der Waals surface area contributed by atoms with E-state index in [1.807, 2.05) is 21.1 Å². The maximum absolute atomic E-state index is 12.7. The monoisotopic (exact) mass is 769 g/mol. The first-order valence-electron chi connectivity index (χ1n) is 20.9. The van der Waals surface area contributed by atoms with Crippen molar-refractivity contribution in [2.24, 2.45) is 0 Å². The minimum absolute atomic E-state index is 0.0278. The Labute approximate surface area is 324 Å². The zero-order chi connectivity index (χ0) is 39.3. The van der Waals surface area contributed by atoms with Crippen LogP contribution < -0.4 is 0 Å². The molecule has 0 bridgehead atoms. The van der Waals surface area contributed by atoms with Gasteiger partial charge in [-0.1, -0.05) is 146 Å². The van der Waals surface area contributed by atoms with Crippen molar-refractivity contribution in [1.82, 2.24) is 0 Å². The molecule has 308 valence electrons. The van der Waals surface area contributed by atoms with Crippen molar-refractivity contribution in [1.29, 1.82) is 0 Å². The Morgan fingerprint density at radius 1 is 0.604 bits per heavy atom. The van der Waals surface area contributed by atoms with Crippen LogP contribution in [0.15, 0.2) is 48.6 Å². The average molecular weight is 769 g/mol. The predicted octanol–water partition coefficient (Wildman–Crippen LogP) is 11.5. The average Bonchev–Trinajstić information content (AvgIpc) is 3.10. The number of ether oxygens (including phenoxy) is 2. The number of rotatable bonds is 37. The molecule has 0 aliphatic rings. The number of quaternary nitrogens is 1. The van der Waals surface area contributed by atoms with Crippen LogP contribution in [0.1, 0.15) is 162 Å². The highest BCUT2D eigenvalue weighted by atomic mass is 31.2. The maximum Gasteiger partial charge on any atom is 0.472 e. The van der Waals surface area contributed by atoms with E-state index in [-0.39, 0.29) is 32.0 Å². The molecule has 0 aliphatic carbocycles. The van der Waals surface area contributed by atoms with E-state index in [1.165, 1.54) is 44.9 Å². The van der Waals surface area contributed by atoms with E-state index in [4.69, 9.17) is 18.5 Å². The molecule has 0 heterocycles. The van der Waals surface area contributed by atoms with Crippen LogP contribution in [0.3, 0.4) is 0 Å². The van der Waals surface area contributed by atoms with Gasteiger partial charge in [0, 0.05) is 12.8 Å². The number of allylic oxidation sites excluding steroid dienone is 8. The number of esters is 2. The molecular formula is C43H79NO8P+. The molecule has 1 N–H and O–H groups in total. The summed E-state index contributed by atoms with van der Waals surface area (Å²) in [4.78, 5) is 35.2. The standard InChI is InChI=1S/C43H78NO8P/c1-6-8-10-12-14-16-18-19-20-21-22-23-24-25-26-28-30-32-34-36-43(46)52-41(40-51-53(47,48)50-38-37-44(3,4)5)39-49-42(45)35-33-31-29-27-17-15-13-11-9-7-2/h8,10,14,16,19-20,22-23,41H,6-7,9,11-13,15,17-18,21,24-40H2,1-5H3/p+1/b10-8-,16-14-,20-19-,23-22-. The molecule has 0 aromatic heterocycles. The van der Waals surface area contributed by atoms with E-state index in [0.29, 0.717) is 17.4 Å². The lowest BCUT2D eigenvalue weighted by molar-refractivity contribution is -0.870. The number of hydrogen-bond acceptors (Lipinski definition) is 7. The van der Waals surface area contributed by atoms with Gasteiger partial charge in [-0.3, -0.25) is 18.6 Å². The highest BCUT2D eigenvalue weighted by Gasteiger charge is 2.27. The second-order valence-corrected chi connectivity index (χ2v) is 16.5. The summed E-state index contributed by atoms with van der Waals surface area (Å²) in [7, 11) is 1.46. The molecular weight excluding hydrogens is 689 g/mol. The minimum Gasteiger partial charge on any atom is -0.462 e. The second kappa shape index (κ2) is 35.7. The number of carbonyl (C=O) groups excluding carboxylic acids is 2. The van der Waals surface area contributed by atoms with Crippen LogP contribution >= 0.6 is 7.82 Å². The Morgan fingerprint density at radius 2 is 1.08 bits per heavy atom. The summed E-state index contributed by atoms with van der Waals surface area (Å²) in [6.07, 6.45) is 40.1. The fourth-order valence-electron chi connectivity index (χ4n) is 5.36. The van der Waals surface area contributed by atoms with E-state index in [1.54, 1.807) is 0 Å². The van der Waals surface area contributed by atoms with Crippen molar-refractivity contribution < 1.29 is 42.1 Å². The van der Waals surface area contributed by atoms with Crippen molar-refractivity contribution in [2.75, 3.05) is 47.5 Å². The van der Waals surface area contributed by atoms with Gasteiger partial charge in [-0.25, -0.2) is 4.57 Å². The predicted molar refractivity (Wildman–Crippen MR) is 220 cm³/mol. The summed E-state index contributed by atoms with van der Waals surface area (Å²) in [5.41, 5.74) is 0. The van der Waals surface area contributed by atoms with Crippen LogP contribution in [0.4, 0.5) is 0 Å². The van der Waals surface area contributed by atoms with Gasteiger partial charge in [-0.15, -0.1) is 0 Å². The van der Waals surface area contributed by atoms with Gasteiger partial charge in [0.15, 0.2) is 6.10 Å². The second-order valence-electron chi connectivity index (χ2n) is 15.0. The van der Waals surface area contributed by atoms with Crippen molar-refractivity contribution in [3.8, 4) is 0 Å². The zero-order valence-corrected chi connectivity index (χ0v) is 35.4. The van der Waals surface area contributed by atoms with Crippen LogP contribution in [0, 0.1) is 0 Å². The molecule has 0 aromatic carbocycles. The first-order valence-corrected chi connectivity index (χ1v) is 22.4. The van der Waals surface area contributed by atoms with Gasteiger partial charge in [0.1, 0.15) is 19.8 Å². The van der Waals surface area contributed by atoms with Gasteiger partial charge in [0.2, 0.25) is 0 Å². The number of phosphoric ester groups is 1. The number of hydrogen-bond donors (Lipinski definition) is 1. The Morgan fingerprint density at radius 3 is 1.60 bits per heavy atom. The Balaban J connectivity index is 4.38. The smallest absolute Gasteiger partial charge is 0.462 e. The molecule has 0 aromatic rings. The van der Waals surface area contributed by atoms with Gasteiger partial charge >= 0.3 is 19.8 Å². The Kier molecular flexibility index (Phi) is 34.3. The lowest BCUT2D eigenvalue weighted by Gasteiger charge is -2.24. The number of nitrogens with zero attached hydrogens (tertiary/aromatic N) is 1. The van der Waals surface area contributed by atoms with Gasteiger partial charge in [0.05, 0.1) is 27.7 Å². The van der Waals surface area contributed by atoms with Gasteiger partial charge in [-0.2, -0.15) is 0 Å². The quantitative estimate of drug-likeness (QED) is 0.0219. The molecule has 0 saturated heterocycles. The summed E-state index contributed by atoms with van der Waals surface area (Å²) in [5.74, 6) is -0.818. The van der Waals surface area contributed by atoms with E-state index < -0.39 is 26.5 Å². The van der Waals surface area contributed by atoms with Crippen molar-refractivity contribution in [2.45, 2.75) is 168 Å². The molecule has 10 heteroatoms. The van der Waals surface area contributed by atoms with Crippen molar-refractivity contribution in [3.63, 3.8) is 0 Å². The third-order valence-electron chi connectivity index (χ3n) is 8.62. The molecule has 2 atom stereocenters. The summed E-state index contributed by atoms with van der Waals surface area (Å²) in [6, 6.07) is 0. The lowest BCUT2D eigenvalue weighted by Crippen LogP contribution is -2.37. The highest BCUT2D eigenvalue weighted by Crippen LogP contribution is 2.43. The van der Waals surface area contributed by atoms with Crippen LogP contribution in [0.25, 0.3) is 0 Å². The third-order valence-corrected chi connectivity index (χ3v) is 9.61. The zero-order valence-electron chi connectivity index (χ0n) is 34.5. The molecule has 9 nitrogen and oxygen atoms in total. The number of carbonyl (C=O) groups is 2. The van der Waals surface area contributed by atoms with Crippen LogP contribution in [-0.2, 0) is 32.7 Å². The van der Waals surface area contributed by atoms with Gasteiger partial charge in [0.25, 0.3) is 0 Å². The SMILES string of the molecule is CC/C=C\C/C=C\C/C=C\C/C=C\CCCCCCCCC(=O)OC(COC(=O)CCCCCCCCCCCC)COP(=O)(O)OCC[N+](C)(C)C. The van der Waals surface area contributed by atoms with Gasteiger partial charge in [-0.05, 0) is 51.4 Å². The molecule has 0 radical (unpaired) electrons. The molecule has 53 heavy (non-hydrogen) atoms. The molecule has 0 spiro atoms. The molecule has 0 amide bonds. The van der Waals surface area contributed by atoms with Crippen LogP contribution in [-0.4, -0.2) is 74.9 Å². The number of unbranched alkanes of at least 4 members (excludes halogenated alkanes) is 15. The maximum atomic E-state index is 12.7. The minimum atomic E-state index is -4.37. The molecule has 0 saturated carbocycles. The summed E-state index contributed by atoms with van der Waals surface area (Å²) >= 11 is 0. The van der Waals surface area contributed by atoms with E-state index >= 15 is 0 Å². The number of phosphoric acid groups is 1. The summed E-state index contributed by atoms with van der Waals surface area (Å²) < 4.78 is 34.2. The summed E-state index contributed by atoms with van der Waals surface area (Å²) in [5, 5.41) is 0. The lowest BCUT2D eigenvalue weighted by atomic mass is 10.1. The Bertz CT molecular complexity index is 1050. The third kappa shape index (κ3) is 39.5. The summed E-state index contributed by atoms with van der Waals surface area (Å²) in [6.45, 7) is 4.26. The first-order chi connectivity index (χ1) is 25.5. The van der Waals surface area contributed by atoms with E-state index in [0.717, 1.165) is 83.5 Å². The normalized spacial score (nSPS) is 14.2. The van der Waals surface area contributed by atoms with Gasteiger partial charge < -0.3 is 18.9 Å². The topological polar surface area (TPSA) is 108 Å².